The quantitative estimate of drug-likeness (QED) is 0.645. The van der Waals surface area contributed by atoms with Gasteiger partial charge in [0.1, 0.15) is 22.2 Å². The minimum absolute atomic E-state index is 0.0692. The standard InChI is InChI=1S/C18H21FN2O4S2/c1-9(2)25-10-5-6-13(12(19)7-10)26-14-8-11(15(20)22)16(27-14)21-17(23)18(3,4)24/h5-9,24H,1-4H3,(H2,20,22)(H,21,23). The number of anilines is 1. The Morgan fingerprint density at radius 2 is 2.00 bits per heavy atom. The number of ether oxygens (including phenoxy) is 1. The molecule has 0 fully saturated rings. The van der Waals surface area contributed by atoms with E-state index in [0.29, 0.717) is 14.9 Å². The van der Waals surface area contributed by atoms with Crippen molar-refractivity contribution in [1.82, 2.24) is 0 Å². The van der Waals surface area contributed by atoms with Gasteiger partial charge < -0.3 is 20.9 Å². The second kappa shape index (κ2) is 8.28. The van der Waals surface area contributed by atoms with E-state index in [9.17, 15) is 19.1 Å². The van der Waals surface area contributed by atoms with Gasteiger partial charge in [-0.15, -0.1) is 11.3 Å². The summed E-state index contributed by atoms with van der Waals surface area (Å²) >= 11 is 2.17. The van der Waals surface area contributed by atoms with Crippen molar-refractivity contribution >= 4 is 39.9 Å². The third kappa shape index (κ3) is 5.69. The molecule has 9 heteroatoms. The van der Waals surface area contributed by atoms with Gasteiger partial charge in [-0.25, -0.2) is 4.39 Å². The Hall–Kier alpha value is -2.10. The van der Waals surface area contributed by atoms with Crippen molar-refractivity contribution in [2.75, 3.05) is 5.32 Å². The molecular weight excluding hydrogens is 391 g/mol. The molecule has 0 saturated heterocycles. The van der Waals surface area contributed by atoms with Crippen LogP contribution in [0.1, 0.15) is 38.1 Å². The Bertz CT molecular complexity index is 860. The first-order chi connectivity index (χ1) is 12.5. The predicted octanol–water partition coefficient (Wildman–Crippen LogP) is 3.63. The van der Waals surface area contributed by atoms with Crippen molar-refractivity contribution in [2.24, 2.45) is 5.73 Å². The minimum atomic E-state index is -1.62. The van der Waals surface area contributed by atoms with E-state index in [1.807, 2.05) is 13.8 Å². The lowest BCUT2D eigenvalue weighted by Crippen LogP contribution is -2.36. The van der Waals surface area contributed by atoms with Gasteiger partial charge >= 0.3 is 0 Å². The van der Waals surface area contributed by atoms with Gasteiger partial charge in [-0.1, -0.05) is 11.8 Å². The van der Waals surface area contributed by atoms with Gasteiger partial charge in [-0.2, -0.15) is 0 Å². The Morgan fingerprint density at radius 1 is 1.33 bits per heavy atom. The highest BCUT2D eigenvalue weighted by Gasteiger charge is 2.26. The molecule has 2 aromatic rings. The molecule has 0 aliphatic carbocycles. The van der Waals surface area contributed by atoms with Crippen molar-refractivity contribution in [3.05, 3.63) is 35.6 Å². The number of carbonyl (C=O) groups excluding carboxylic acids is 2. The van der Waals surface area contributed by atoms with Gasteiger partial charge in [-0.05, 0) is 45.9 Å². The largest absolute Gasteiger partial charge is 0.491 e. The topological polar surface area (TPSA) is 102 Å². The molecule has 0 aliphatic heterocycles. The van der Waals surface area contributed by atoms with E-state index in [1.165, 1.54) is 26.0 Å². The Kier molecular flexibility index (Phi) is 6.50. The smallest absolute Gasteiger partial charge is 0.256 e. The van der Waals surface area contributed by atoms with Crippen LogP contribution in [0.25, 0.3) is 0 Å². The monoisotopic (exact) mass is 412 g/mol. The molecule has 27 heavy (non-hydrogen) atoms. The molecule has 0 bridgehead atoms. The highest BCUT2D eigenvalue weighted by Crippen LogP contribution is 2.40. The number of primary amides is 1. The lowest BCUT2D eigenvalue weighted by Gasteiger charge is -2.16. The summed E-state index contributed by atoms with van der Waals surface area (Å²) in [4.78, 5) is 24.0. The summed E-state index contributed by atoms with van der Waals surface area (Å²) in [6.07, 6.45) is -0.0692. The van der Waals surface area contributed by atoms with Crippen molar-refractivity contribution in [2.45, 2.75) is 48.5 Å². The number of aliphatic hydroxyl groups is 1. The molecule has 0 radical (unpaired) electrons. The molecule has 2 amide bonds. The fraction of sp³-hybridized carbons (Fsp3) is 0.333. The molecule has 0 unspecified atom stereocenters. The number of nitrogens with one attached hydrogen (secondary N) is 1. The van der Waals surface area contributed by atoms with Crippen LogP contribution in [0.2, 0.25) is 0 Å². The summed E-state index contributed by atoms with van der Waals surface area (Å²) in [5, 5.41) is 12.4. The Labute approximate surface area is 164 Å². The number of amides is 2. The van der Waals surface area contributed by atoms with Crippen LogP contribution in [0.5, 0.6) is 5.75 Å². The predicted molar refractivity (Wildman–Crippen MR) is 104 cm³/mol. The second-order valence-corrected chi connectivity index (χ2v) is 8.94. The van der Waals surface area contributed by atoms with Gasteiger partial charge in [0.2, 0.25) is 0 Å². The van der Waals surface area contributed by atoms with E-state index in [2.05, 4.69) is 5.32 Å². The molecule has 146 valence electrons. The molecule has 0 saturated carbocycles. The Morgan fingerprint density at radius 3 is 2.52 bits per heavy atom. The third-order valence-electron chi connectivity index (χ3n) is 3.24. The van der Waals surface area contributed by atoms with Crippen molar-refractivity contribution in [1.29, 1.82) is 0 Å². The first-order valence-corrected chi connectivity index (χ1v) is 9.72. The minimum Gasteiger partial charge on any atom is -0.491 e. The van der Waals surface area contributed by atoms with Gasteiger partial charge in [0.05, 0.1) is 15.9 Å². The average Bonchev–Trinajstić information content (AvgIpc) is 2.91. The van der Waals surface area contributed by atoms with Crippen LogP contribution in [0.4, 0.5) is 9.39 Å². The van der Waals surface area contributed by atoms with Gasteiger partial charge in [0.15, 0.2) is 0 Å². The third-order valence-corrected chi connectivity index (χ3v) is 5.46. The van der Waals surface area contributed by atoms with Crippen LogP contribution in [-0.2, 0) is 4.79 Å². The number of hydrogen-bond donors (Lipinski definition) is 3. The SMILES string of the molecule is CC(C)Oc1ccc(Sc2cc(C(N)=O)c(NC(=O)C(C)(C)O)s2)c(F)c1. The highest BCUT2D eigenvalue weighted by molar-refractivity contribution is 8.01. The molecule has 0 spiro atoms. The summed E-state index contributed by atoms with van der Waals surface area (Å²) in [6.45, 7) is 6.35. The van der Waals surface area contributed by atoms with Crippen molar-refractivity contribution < 1.29 is 23.8 Å². The van der Waals surface area contributed by atoms with Crippen LogP contribution in [0.15, 0.2) is 33.4 Å². The molecule has 1 aromatic heterocycles. The van der Waals surface area contributed by atoms with Crippen LogP contribution >= 0.6 is 23.1 Å². The number of nitrogens with two attached hydrogens (primary N) is 1. The highest BCUT2D eigenvalue weighted by atomic mass is 32.2. The average molecular weight is 413 g/mol. The maximum atomic E-state index is 14.3. The number of halogens is 1. The summed E-state index contributed by atoms with van der Waals surface area (Å²) < 4.78 is 20.3. The zero-order chi connectivity index (χ0) is 20.4. The second-order valence-electron chi connectivity index (χ2n) is 6.55. The summed E-state index contributed by atoms with van der Waals surface area (Å²) in [5.74, 6) is -1.45. The van der Waals surface area contributed by atoms with Crippen LogP contribution < -0.4 is 15.8 Å². The maximum absolute atomic E-state index is 14.3. The first kappa shape index (κ1) is 21.2. The zero-order valence-electron chi connectivity index (χ0n) is 15.3. The molecule has 2 rings (SSSR count). The van der Waals surface area contributed by atoms with E-state index >= 15 is 0 Å². The molecule has 0 aliphatic rings. The van der Waals surface area contributed by atoms with Crippen molar-refractivity contribution in [3.8, 4) is 5.75 Å². The summed E-state index contributed by atoms with van der Waals surface area (Å²) in [6, 6.07) is 6.01. The lowest BCUT2D eigenvalue weighted by molar-refractivity contribution is -0.130. The molecule has 1 aromatic carbocycles. The molecular formula is C18H21FN2O4S2. The van der Waals surface area contributed by atoms with Crippen LogP contribution in [0, 0.1) is 5.82 Å². The van der Waals surface area contributed by atoms with E-state index in [4.69, 9.17) is 10.5 Å². The Balaban J connectivity index is 2.26. The summed E-state index contributed by atoms with van der Waals surface area (Å²) in [5.41, 5.74) is 3.83. The first-order valence-electron chi connectivity index (χ1n) is 8.09. The van der Waals surface area contributed by atoms with Gasteiger partial charge in [0, 0.05) is 11.0 Å². The van der Waals surface area contributed by atoms with E-state index in [1.54, 1.807) is 12.1 Å². The number of rotatable bonds is 7. The van der Waals surface area contributed by atoms with Gasteiger partial charge in [-0.3, -0.25) is 9.59 Å². The van der Waals surface area contributed by atoms with E-state index < -0.39 is 23.2 Å². The lowest BCUT2D eigenvalue weighted by atomic mass is 10.1. The number of carbonyl (C=O) groups is 2. The van der Waals surface area contributed by atoms with E-state index in [-0.39, 0.29) is 16.7 Å². The fourth-order valence-electron chi connectivity index (χ4n) is 1.97. The normalized spacial score (nSPS) is 11.5. The number of hydrogen-bond acceptors (Lipinski definition) is 6. The van der Waals surface area contributed by atoms with Gasteiger partial charge in [0.25, 0.3) is 11.8 Å². The molecule has 4 N–H and O–H groups in total. The summed E-state index contributed by atoms with van der Waals surface area (Å²) in [7, 11) is 0. The van der Waals surface area contributed by atoms with Crippen LogP contribution in [-0.4, -0.2) is 28.6 Å². The molecule has 1 heterocycles. The van der Waals surface area contributed by atoms with E-state index in [0.717, 1.165) is 23.1 Å². The molecule has 0 atom stereocenters. The van der Waals surface area contributed by atoms with Crippen LogP contribution in [0.3, 0.4) is 0 Å². The number of thiophene rings is 1. The van der Waals surface area contributed by atoms with Crippen molar-refractivity contribution in [3.63, 3.8) is 0 Å². The molecule has 6 nitrogen and oxygen atoms in total. The maximum Gasteiger partial charge on any atom is 0.256 e. The fourth-order valence-corrected chi connectivity index (χ4v) is 4.13. The number of benzene rings is 1. The zero-order valence-corrected chi connectivity index (χ0v) is 17.0.